The third-order valence-electron chi connectivity index (χ3n) is 4.21. The van der Waals surface area contributed by atoms with Gasteiger partial charge in [-0.2, -0.15) is 57.1 Å². The van der Waals surface area contributed by atoms with Crippen molar-refractivity contribution in [1.82, 2.24) is 0 Å². The summed E-state index contributed by atoms with van der Waals surface area (Å²) in [5, 5.41) is 11.0. The molecule has 0 radical (unpaired) electrons. The van der Waals surface area contributed by atoms with Gasteiger partial charge in [0.1, 0.15) is 10.6 Å². The molecule has 0 aromatic heterocycles. The number of nitrogens with zero attached hydrogens (tertiary/aromatic N) is 1. The lowest BCUT2D eigenvalue weighted by molar-refractivity contribution is -0.414. The van der Waals surface area contributed by atoms with E-state index in [1.54, 1.807) is 0 Å². The quantitative estimate of drug-likeness (QED) is 0.0875. The Bertz CT molecular complexity index is 1110. The highest BCUT2D eigenvalue weighted by molar-refractivity contribution is 8.00. The first kappa shape index (κ1) is 34.6. The molecule has 1 atom stereocenters. The summed E-state index contributed by atoms with van der Waals surface area (Å²) >= 11 is -0.866. The van der Waals surface area contributed by atoms with Crippen molar-refractivity contribution in [1.29, 1.82) is 0 Å². The Kier molecular flexibility index (Phi) is 9.92. The number of alkyl halides is 15. The minimum atomic E-state index is -7.88. The molecule has 39 heavy (non-hydrogen) atoms. The van der Waals surface area contributed by atoms with Crippen LogP contribution in [-0.2, 0) is 20.3 Å². The van der Waals surface area contributed by atoms with Crippen LogP contribution >= 0.6 is 11.8 Å². The third kappa shape index (κ3) is 7.01. The van der Waals surface area contributed by atoms with Crippen LogP contribution in [0, 0.1) is 10.1 Å². The molecule has 0 fully saturated rings. The number of halogens is 15. The zero-order chi connectivity index (χ0) is 31.0. The monoisotopic (exact) mass is 643 g/mol. The molecular weight excluding hydrogens is 635 g/mol. The molecule has 224 valence electrons. The SMILES string of the molecule is O=C(CS(=O)c1ccc(SC(F)(F)F)cc1[N+](=O)[O-])OCC(F)(F)C(F)(F)C(F)(F)C(F)(F)C(F)(F)C(F)F. The lowest BCUT2D eigenvalue weighted by Gasteiger charge is -2.38. The summed E-state index contributed by atoms with van der Waals surface area (Å²) in [5.41, 5.74) is -6.27. The predicted octanol–water partition coefficient (Wildman–Crippen LogP) is 6.30. The van der Waals surface area contributed by atoms with Gasteiger partial charge in [-0.05, 0) is 23.9 Å². The maximum atomic E-state index is 13.7. The first-order valence-corrected chi connectivity index (χ1v) is 11.1. The zero-order valence-electron chi connectivity index (χ0n) is 17.7. The van der Waals surface area contributed by atoms with Gasteiger partial charge in [0.05, 0.1) is 15.7 Å². The normalized spacial score (nSPS) is 14.9. The van der Waals surface area contributed by atoms with Gasteiger partial charge in [0.25, 0.3) is 5.69 Å². The van der Waals surface area contributed by atoms with E-state index in [-0.39, 0.29) is 6.07 Å². The first-order valence-electron chi connectivity index (χ1n) is 8.98. The fourth-order valence-electron chi connectivity index (χ4n) is 2.29. The maximum Gasteiger partial charge on any atom is 0.446 e. The van der Waals surface area contributed by atoms with Gasteiger partial charge in [0, 0.05) is 11.0 Å². The van der Waals surface area contributed by atoms with Crippen LogP contribution in [0.4, 0.5) is 71.5 Å². The fourth-order valence-corrected chi connectivity index (χ4v) is 3.90. The number of ether oxygens (including phenoxy) is 1. The lowest BCUT2D eigenvalue weighted by atomic mass is 9.94. The number of carbonyl (C=O) groups excluding carboxylic acids is 1. The van der Waals surface area contributed by atoms with E-state index in [0.717, 1.165) is 0 Å². The molecule has 1 rings (SSSR count). The minimum Gasteiger partial charge on any atom is -0.458 e. The Morgan fingerprint density at radius 3 is 1.87 bits per heavy atom. The van der Waals surface area contributed by atoms with Crippen molar-refractivity contribution < 1.29 is 84.5 Å². The van der Waals surface area contributed by atoms with E-state index in [9.17, 15) is 85.0 Å². The predicted molar refractivity (Wildman–Crippen MR) is 98.0 cm³/mol. The molecule has 23 heteroatoms. The summed E-state index contributed by atoms with van der Waals surface area (Å²) in [6.45, 7) is -3.30. The Balaban J connectivity index is 3.11. The van der Waals surface area contributed by atoms with Gasteiger partial charge < -0.3 is 4.74 Å². The fraction of sp³-hybridized carbons (Fsp3) is 0.562. The molecule has 0 amide bonds. The van der Waals surface area contributed by atoms with Crippen molar-refractivity contribution in [3.05, 3.63) is 28.3 Å². The topological polar surface area (TPSA) is 86.5 Å². The van der Waals surface area contributed by atoms with Crippen LogP contribution in [0.15, 0.2) is 28.0 Å². The molecule has 6 nitrogen and oxygen atoms in total. The molecule has 0 spiro atoms. The summed E-state index contributed by atoms with van der Waals surface area (Å²) in [4.78, 5) is 19.3. The first-order chi connectivity index (χ1) is 17.2. The number of thioether (sulfide) groups is 1. The second-order valence-electron chi connectivity index (χ2n) is 6.94. The van der Waals surface area contributed by atoms with Gasteiger partial charge in [-0.25, -0.2) is 8.78 Å². The molecular formula is C16H8F15NO5S2. The number of rotatable bonds is 12. The van der Waals surface area contributed by atoms with Crippen LogP contribution in [0.5, 0.6) is 0 Å². The average molecular weight is 643 g/mol. The molecule has 0 N–H and O–H groups in total. The number of carbonyl (C=O) groups is 1. The molecule has 0 aliphatic rings. The molecule has 0 bridgehead atoms. The lowest BCUT2D eigenvalue weighted by Crippen LogP contribution is -2.69. The molecule has 0 saturated carbocycles. The van der Waals surface area contributed by atoms with E-state index in [4.69, 9.17) is 0 Å². The second-order valence-corrected chi connectivity index (χ2v) is 9.49. The van der Waals surface area contributed by atoms with Crippen molar-refractivity contribution in [2.24, 2.45) is 0 Å². The van der Waals surface area contributed by atoms with Crippen LogP contribution in [0.25, 0.3) is 0 Å². The highest BCUT2D eigenvalue weighted by Gasteiger charge is 2.87. The molecule has 1 unspecified atom stereocenters. The molecule has 1 aromatic rings. The van der Waals surface area contributed by atoms with Crippen molar-refractivity contribution in [2.45, 2.75) is 51.3 Å². The number of hydrogen-bond acceptors (Lipinski definition) is 6. The molecule has 1 aromatic carbocycles. The van der Waals surface area contributed by atoms with E-state index in [1.807, 2.05) is 0 Å². The standard InChI is InChI=1S/C16H8F15NO5S2/c17-10(18)12(21,22)14(25,26)15(27,28)13(23,24)11(19,20)5-37-9(33)4-39(36)8-2-1-6(38-16(29,30)31)3-7(8)32(34)35/h1-3,10H,4-5H2. The van der Waals surface area contributed by atoms with Gasteiger partial charge in [0.15, 0.2) is 6.61 Å². The smallest absolute Gasteiger partial charge is 0.446 e. The van der Waals surface area contributed by atoms with E-state index >= 15 is 0 Å². The van der Waals surface area contributed by atoms with Crippen molar-refractivity contribution >= 4 is 34.2 Å². The Morgan fingerprint density at radius 1 is 0.923 bits per heavy atom. The number of nitro groups is 1. The zero-order valence-corrected chi connectivity index (χ0v) is 19.3. The highest BCUT2D eigenvalue weighted by atomic mass is 32.2. The molecule has 0 heterocycles. The Labute approximate surface area is 211 Å². The summed E-state index contributed by atoms with van der Waals surface area (Å²) in [7, 11) is -3.06. The minimum absolute atomic E-state index is 0.225. The van der Waals surface area contributed by atoms with E-state index < -0.39 is 103 Å². The van der Waals surface area contributed by atoms with E-state index in [2.05, 4.69) is 4.74 Å². The maximum absolute atomic E-state index is 13.7. The van der Waals surface area contributed by atoms with Crippen LogP contribution in [0.1, 0.15) is 0 Å². The van der Waals surface area contributed by atoms with E-state index in [1.165, 1.54) is 0 Å². The average Bonchev–Trinajstić information content (AvgIpc) is 2.75. The van der Waals surface area contributed by atoms with Crippen LogP contribution < -0.4 is 0 Å². The molecule has 0 aliphatic carbocycles. The van der Waals surface area contributed by atoms with Gasteiger partial charge in [-0.15, -0.1) is 0 Å². The Hall–Kier alpha value is -2.46. The second kappa shape index (κ2) is 11.2. The molecule has 0 saturated heterocycles. The van der Waals surface area contributed by atoms with Gasteiger partial charge in [-0.1, -0.05) is 0 Å². The third-order valence-corrected chi connectivity index (χ3v) is 6.26. The Morgan fingerprint density at radius 2 is 1.44 bits per heavy atom. The number of esters is 1. The number of benzene rings is 1. The summed E-state index contributed by atoms with van der Waals surface area (Å²) in [6, 6.07) is 1.14. The number of nitro benzene ring substituents is 1. The summed E-state index contributed by atoms with van der Waals surface area (Å²) in [6.07, 6.45) is -5.72. The van der Waals surface area contributed by atoms with Crippen molar-refractivity contribution in [2.75, 3.05) is 12.4 Å². The van der Waals surface area contributed by atoms with Crippen LogP contribution in [0.2, 0.25) is 0 Å². The van der Waals surface area contributed by atoms with Crippen LogP contribution in [-0.4, -0.2) is 69.0 Å². The summed E-state index contributed by atoms with van der Waals surface area (Å²) in [5.74, 6) is -41.2. The van der Waals surface area contributed by atoms with Gasteiger partial charge >= 0.3 is 47.5 Å². The van der Waals surface area contributed by atoms with Gasteiger partial charge in [0.2, 0.25) is 0 Å². The summed E-state index contributed by atoms with van der Waals surface area (Å²) < 4.78 is 210. The van der Waals surface area contributed by atoms with Crippen molar-refractivity contribution in [3.8, 4) is 0 Å². The van der Waals surface area contributed by atoms with Crippen LogP contribution in [0.3, 0.4) is 0 Å². The molecule has 0 aliphatic heterocycles. The van der Waals surface area contributed by atoms with Gasteiger partial charge in [-0.3, -0.25) is 19.1 Å². The largest absolute Gasteiger partial charge is 0.458 e. The van der Waals surface area contributed by atoms with Crippen molar-refractivity contribution in [3.63, 3.8) is 0 Å². The highest BCUT2D eigenvalue weighted by Crippen LogP contribution is 2.58. The number of hydrogen-bond donors (Lipinski definition) is 0. The van der Waals surface area contributed by atoms with E-state index in [0.29, 0.717) is 12.1 Å².